The Morgan fingerprint density at radius 2 is 2.16 bits per heavy atom. The Kier molecular flexibility index (Phi) is 7.30. The quantitative estimate of drug-likeness (QED) is 0.834. The van der Waals surface area contributed by atoms with Crippen LogP contribution in [0.3, 0.4) is 0 Å². The topological polar surface area (TPSA) is 50.4 Å². The number of hydrogen-bond donors (Lipinski definition) is 2. The van der Waals surface area contributed by atoms with Gasteiger partial charge in [0.25, 0.3) is 0 Å². The molecule has 106 valence electrons. The molecule has 1 fully saturated rings. The third-order valence-electron chi connectivity index (χ3n) is 3.09. The van der Waals surface area contributed by atoms with Crippen molar-refractivity contribution in [1.82, 2.24) is 10.6 Å². The van der Waals surface area contributed by atoms with Crippen molar-refractivity contribution in [3.63, 3.8) is 0 Å². The molecular formula is C14H21ClN2O2. The molecule has 19 heavy (non-hydrogen) atoms. The van der Waals surface area contributed by atoms with Gasteiger partial charge in [-0.1, -0.05) is 18.2 Å². The minimum absolute atomic E-state index is 0. The summed E-state index contributed by atoms with van der Waals surface area (Å²) in [6, 6.07) is 9.56. The zero-order chi connectivity index (χ0) is 12.6. The molecule has 1 aliphatic heterocycles. The highest BCUT2D eigenvalue weighted by Crippen LogP contribution is 2.08. The number of carbonyl (C=O) groups excluding carboxylic acids is 1. The molecule has 0 bridgehead atoms. The van der Waals surface area contributed by atoms with E-state index in [2.05, 4.69) is 10.6 Å². The molecule has 1 aromatic rings. The second-order valence-electron chi connectivity index (χ2n) is 4.57. The Bertz CT molecular complexity index is 367. The first-order valence-electron chi connectivity index (χ1n) is 6.50. The van der Waals surface area contributed by atoms with E-state index in [0.29, 0.717) is 18.9 Å². The van der Waals surface area contributed by atoms with E-state index < -0.39 is 0 Å². The van der Waals surface area contributed by atoms with Crippen LogP contribution in [0, 0.1) is 5.92 Å². The highest BCUT2D eigenvalue weighted by Gasteiger charge is 2.14. The van der Waals surface area contributed by atoms with Gasteiger partial charge in [-0.15, -0.1) is 12.4 Å². The lowest BCUT2D eigenvalue weighted by molar-refractivity contribution is -0.121. The number of benzene rings is 1. The van der Waals surface area contributed by atoms with Gasteiger partial charge in [0, 0.05) is 6.54 Å². The van der Waals surface area contributed by atoms with Gasteiger partial charge in [0.2, 0.25) is 5.91 Å². The van der Waals surface area contributed by atoms with Crippen LogP contribution in [-0.4, -0.2) is 32.1 Å². The van der Waals surface area contributed by atoms with E-state index in [1.807, 2.05) is 30.3 Å². The van der Waals surface area contributed by atoms with E-state index in [1.54, 1.807) is 0 Å². The minimum Gasteiger partial charge on any atom is -0.493 e. The van der Waals surface area contributed by atoms with E-state index in [1.165, 1.54) is 0 Å². The largest absolute Gasteiger partial charge is 0.493 e. The van der Waals surface area contributed by atoms with E-state index >= 15 is 0 Å². The van der Waals surface area contributed by atoms with Gasteiger partial charge in [-0.2, -0.15) is 0 Å². The van der Waals surface area contributed by atoms with E-state index in [9.17, 15) is 4.79 Å². The average Bonchev–Trinajstić information content (AvgIpc) is 2.91. The highest BCUT2D eigenvalue weighted by molar-refractivity contribution is 5.85. The van der Waals surface area contributed by atoms with Crippen LogP contribution >= 0.6 is 12.4 Å². The summed E-state index contributed by atoms with van der Waals surface area (Å²) in [4.78, 5) is 11.6. The fraction of sp³-hybridized carbons (Fsp3) is 0.500. The number of amides is 1. The molecule has 0 aliphatic carbocycles. The number of ether oxygens (including phenoxy) is 1. The first kappa shape index (κ1) is 15.8. The summed E-state index contributed by atoms with van der Waals surface area (Å²) in [5.74, 6) is 1.46. The maximum absolute atomic E-state index is 11.6. The third-order valence-corrected chi connectivity index (χ3v) is 3.09. The van der Waals surface area contributed by atoms with Crippen molar-refractivity contribution in [3.05, 3.63) is 30.3 Å². The molecule has 1 aliphatic rings. The van der Waals surface area contributed by atoms with Crippen LogP contribution in [0.1, 0.15) is 12.8 Å². The van der Waals surface area contributed by atoms with Gasteiger partial charge in [0.1, 0.15) is 5.75 Å². The summed E-state index contributed by atoms with van der Waals surface area (Å²) in [5.41, 5.74) is 0. The second-order valence-corrected chi connectivity index (χ2v) is 4.57. The molecule has 1 amide bonds. The van der Waals surface area contributed by atoms with Crippen molar-refractivity contribution in [1.29, 1.82) is 0 Å². The first-order valence-corrected chi connectivity index (χ1v) is 6.50. The summed E-state index contributed by atoms with van der Waals surface area (Å²) in [6.07, 6.45) is 1.57. The van der Waals surface area contributed by atoms with Crippen LogP contribution in [0.2, 0.25) is 0 Å². The summed E-state index contributed by atoms with van der Waals surface area (Å²) in [6.45, 7) is 3.29. The van der Waals surface area contributed by atoms with Gasteiger partial charge in [0.05, 0.1) is 13.0 Å². The molecular weight excluding hydrogens is 264 g/mol. The molecule has 2 rings (SSSR count). The van der Waals surface area contributed by atoms with Crippen molar-refractivity contribution in [3.8, 4) is 5.75 Å². The Morgan fingerprint density at radius 3 is 2.84 bits per heavy atom. The molecule has 0 radical (unpaired) electrons. The van der Waals surface area contributed by atoms with Crippen LogP contribution in [0.5, 0.6) is 5.75 Å². The van der Waals surface area contributed by atoms with E-state index in [0.717, 1.165) is 31.8 Å². The summed E-state index contributed by atoms with van der Waals surface area (Å²) in [5, 5.41) is 6.24. The summed E-state index contributed by atoms with van der Waals surface area (Å²) in [7, 11) is 0. The van der Waals surface area contributed by atoms with Crippen molar-refractivity contribution in [2.24, 2.45) is 5.92 Å². The van der Waals surface area contributed by atoms with Crippen molar-refractivity contribution >= 4 is 18.3 Å². The Morgan fingerprint density at radius 1 is 1.37 bits per heavy atom. The lowest BCUT2D eigenvalue weighted by Crippen LogP contribution is -2.31. The average molecular weight is 285 g/mol. The number of para-hydroxylation sites is 1. The van der Waals surface area contributed by atoms with E-state index in [4.69, 9.17) is 4.74 Å². The maximum atomic E-state index is 11.6. The zero-order valence-electron chi connectivity index (χ0n) is 10.9. The molecule has 1 atom stereocenters. The van der Waals surface area contributed by atoms with Crippen LogP contribution < -0.4 is 15.4 Å². The lowest BCUT2D eigenvalue weighted by Gasteiger charge is -2.10. The van der Waals surface area contributed by atoms with Gasteiger partial charge in [-0.25, -0.2) is 0 Å². The molecule has 1 saturated heterocycles. The number of halogens is 1. The predicted molar refractivity (Wildman–Crippen MR) is 77.8 cm³/mol. The fourth-order valence-electron chi connectivity index (χ4n) is 2.01. The van der Waals surface area contributed by atoms with Crippen LogP contribution in [-0.2, 0) is 4.79 Å². The number of carbonyl (C=O) groups is 1. The Balaban J connectivity index is 0.00000180. The molecule has 0 aromatic heterocycles. The molecule has 0 saturated carbocycles. The van der Waals surface area contributed by atoms with Crippen molar-refractivity contribution < 1.29 is 9.53 Å². The highest BCUT2D eigenvalue weighted by atomic mass is 35.5. The van der Waals surface area contributed by atoms with Gasteiger partial charge in [0.15, 0.2) is 0 Å². The van der Waals surface area contributed by atoms with Gasteiger partial charge >= 0.3 is 0 Å². The Labute approximate surface area is 120 Å². The van der Waals surface area contributed by atoms with Crippen molar-refractivity contribution in [2.75, 3.05) is 26.2 Å². The molecule has 4 nitrogen and oxygen atoms in total. The number of hydrogen-bond acceptors (Lipinski definition) is 3. The molecule has 5 heteroatoms. The molecule has 1 unspecified atom stereocenters. The number of nitrogens with one attached hydrogen (secondary N) is 2. The van der Waals surface area contributed by atoms with Crippen LogP contribution in [0.15, 0.2) is 30.3 Å². The standard InChI is InChI=1S/C14H20N2O2.ClH/c17-14(16-11-12-6-8-15-10-12)7-9-18-13-4-2-1-3-5-13;/h1-5,12,15H,6-11H2,(H,16,17);1H. The van der Waals surface area contributed by atoms with Crippen LogP contribution in [0.4, 0.5) is 0 Å². The van der Waals surface area contributed by atoms with Gasteiger partial charge in [-0.3, -0.25) is 4.79 Å². The molecule has 1 heterocycles. The number of rotatable bonds is 6. The van der Waals surface area contributed by atoms with E-state index in [-0.39, 0.29) is 18.3 Å². The second kappa shape index (κ2) is 8.77. The Hall–Kier alpha value is -1.26. The zero-order valence-corrected chi connectivity index (χ0v) is 11.7. The summed E-state index contributed by atoms with van der Waals surface area (Å²) < 4.78 is 5.48. The predicted octanol–water partition coefficient (Wildman–Crippen LogP) is 1.60. The fourth-order valence-corrected chi connectivity index (χ4v) is 2.01. The smallest absolute Gasteiger partial charge is 0.223 e. The molecule has 1 aromatic carbocycles. The van der Waals surface area contributed by atoms with Crippen LogP contribution in [0.25, 0.3) is 0 Å². The van der Waals surface area contributed by atoms with Crippen molar-refractivity contribution in [2.45, 2.75) is 12.8 Å². The molecule has 0 spiro atoms. The van der Waals surface area contributed by atoms with Gasteiger partial charge < -0.3 is 15.4 Å². The first-order chi connectivity index (χ1) is 8.84. The van der Waals surface area contributed by atoms with Gasteiger partial charge in [-0.05, 0) is 37.6 Å². The lowest BCUT2D eigenvalue weighted by atomic mass is 10.1. The molecule has 2 N–H and O–H groups in total. The minimum atomic E-state index is 0. The SMILES string of the molecule is Cl.O=C(CCOc1ccccc1)NCC1CCNC1. The summed E-state index contributed by atoms with van der Waals surface area (Å²) >= 11 is 0. The third kappa shape index (κ3) is 5.94. The monoisotopic (exact) mass is 284 g/mol. The normalized spacial score (nSPS) is 17.6. The maximum Gasteiger partial charge on any atom is 0.223 e.